The molecule has 0 saturated carbocycles. The number of unbranched alkanes of at least 4 members (excludes halogenated alkanes) is 9. The summed E-state index contributed by atoms with van der Waals surface area (Å²) in [6, 6.07) is 4.43. The van der Waals surface area contributed by atoms with E-state index < -0.39 is 12.1 Å². The number of anilines is 1. The predicted octanol–water partition coefficient (Wildman–Crippen LogP) is 5.88. The SMILES string of the molecule is CCCCCCCCCCCCOC(=O)Oc1cc(N)ccc1C(=O)OCC. The van der Waals surface area contributed by atoms with Crippen LogP contribution in [0.25, 0.3) is 0 Å². The Bertz CT molecular complexity index is 588. The van der Waals surface area contributed by atoms with Crippen molar-refractivity contribution in [3.8, 4) is 5.75 Å². The van der Waals surface area contributed by atoms with Crippen LogP contribution >= 0.6 is 0 Å². The quantitative estimate of drug-likeness (QED) is 0.184. The third-order valence-electron chi connectivity index (χ3n) is 4.41. The van der Waals surface area contributed by atoms with Gasteiger partial charge in [0.15, 0.2) is 5.75 Å². The molecule has 0 amide bonds. The topological polar surface area (TPSA) is 87.9 Å². The van der Waals surface area contributed by atoms with Crippen LogP contribution < -0.4 is 10.5 Å². The fourth-order valence-electron chi connectivity index (χ4n) is 2.87. The van der Waals surface area contributed by atoms with E-state index in [1.807, 2.05) is 0 Å². The van der Waals surface area contributed by atoms with Crippen LogP contribution in [0.2, 0.25) is 0 Å². The summed E-state index contributed by atoms with van der Waals surface area (Å²) in [6.07, 6.45) is 11.2. The van der Waals surface area contributed by atoms with Gasteiger partial charge in [-0.1, -0.05) is 64.7 Å². The highest BCUT2D eigenvalue weighted by atomic mass is 16.7. The molecule has 0 aliphatic heterocycles. The van der Waals surface area contributed by atoms with Gasteiger partial charge in [-0.15, -0.1) is 0 Å². The molecule has 0 bridgehead atoms. The molecule has 0 heterocycles. The summed E-state index contributed by atoms with van der Waals surface area (Å²) >= 11 is 0. The summed E-state index contributed by atoms with van der Waals surface area (Å²) in [5.74, 6) is -0.522. The van der Waals surface area contributed by atoms with Crippen molar-refractivity contribution in [3.05, 3.63) is 23.8 Å². The minimum Gasteiger partial charge on any atom is -0.462 e. The van der Waals surface area contributed by atoms with Crippen molar-refractivity contribution in [2.45, 2.75) is 78.1 Å². The molecular weight excluding hydrogens is 358 g/mol. The van der Waals surface area contributed by atoms with Crippen molar-refractivity contribution in [1.29, 1.82) is 0 Å². The van der Waals surface area contributed by atoms with Crippen LogP contribution in [0.1, 0.15) is 88.4 Å². The van der Waals surface area contributed by atoms with E-state index in [0.29, 0.717) is 12.3 Å². The molecule has 158 valence electrons. The summed E-state index contributed by atoms with van der Waals surface area (Å²) in [5, 5.41) is 0. The van der Waals surface area contributed by atoms with Gasteiger partial charge < -0.3 is 19.9 Å². The summed E-state index contributed by atoms with van der Waals surface area (Å²) in [7, 11) is 0. The lowest BCUT2D eigenvalue weighted by Crippen LogP contribution is -2.15. The number of hydrogen-bond donors (Lipinski definition) is 1. The van der Waals surface area contributed by atoms with E-state index in [2.05, 4.69) is 6.92 Å². The second-order valence-electron chi connectivity index (χ2n) is 6.86. The zero-order valence-corrected chi connectivity index (χ0v) is 17.3. The van der Waals surface area contributed by atoms with Gasteiger partial charge in [-0.05, 0) is 25.5 Å². The van der Waals surface area contributed by atoms with Gasteiger partial charge in [-0.3, -0.25) is 0 Å². The van der Waals surface area contributed by atoms with Crippen LogP contribution in [-0.4, -0.2) is 25.3 Å². The fraction of sp³-hybridized carbons (Fsp3) is 0.636. The normalized spacial score (nSPS) is 10.5. The number of hydrogen-bond acceptors (Lipinski definition) is 6. The van der Waals surface area contributed by atoms with E-state index in [4.69, 9.17) is 19.9 Å². The summed E-state index contributed by atoms with van der Waals surface area (Å²) in [5.41, 5.74) is 6.23. The van der Waals surface area contributed by atoms with Crippen LogP contribution in [0.15, 0.2) is 18.2 Å². The van der Waals surface area contributed by atoms with Gasteiger partial charge in [0.2, 0.25) is 0 Å². The first kappa shape index (κ1) is 23.8. The zero-order chi connectivity index (χ0) is 20.6. The molecule has 0 spiro atoms. The molecule has 0 atom stereocenters. The summed E-state index contributed by atoms with van der Waals surface area (Å²) in [4.78, 5) is 23.8. The predicted molar refractivity (Wildman–Crippen MR) is 111 cm³/mol. The third-order valence-corrected chi connectivity index (χ3v) is 4.41. The smallest absolute Gasteiger partial charge is 0.462 e. The molecule has 1 aromatic rings. The summed E-state index contributed by atoms with van der Waals surface area (Å²) < 4.78 is 15.2. The average Bonchev–Trinajstić information content (AvgIpc) is 2.66. The molecule has 6 nitrogen and oxygen atoms in total. The van der Waals surface area contributed by atoms with Crippen LogP contribution in [0.3, 0.4) is 0 Å². The molecule has 0 radical (unpaired) electrons. The van der Waals surface area contributed by atoms with E-state index in [1.54, 1.807) is 13.0 Å². The van der Waals surface area contributed by atoms with Crippen LogP contribution in [0.5, 0.6) is 5.75 Å². The first-order valence-corrected chi connectivity index (χ1v) is 10.5. The van der Waals surface area contributed by atoms with E-state index in [0.717, 1.165) is 19.3 Å². The Morgan fingerprint density at radius 1 is 0.857 bits per heavy atom. The average molecular weight is 394 g/mol. The molecule has 1 rings (SSSR count). The molecule has 0 aliphatic rings. The maximum Gasteiger partial charge on any atom is 0.513 e. The summed E-state index contributed by atoms with van der Waals surface area (Å²) in [6.45, 7) is 4.46. The highest BCUT2D eigenvalue weighted by Gasteiger charge is 2.17. The van der Waals surface area contributed by atoms with Gasteiger partial charge in [0.05, 0.1) is 13.2 Å². The maximum absolute atomic E-state index is 11.9. The number of benzene rings is 1. The molecule has 0 saturated heterocycles. The molecule has 0 unspecified atom stereocenters. The van der Waals surface area contributed by atoms with Crippen molar-refractivity contribution < 1.29 is 23.8 Å². The van der Waals surface area contributed by atoms with Crippen LogP contribution in [0, 0.1) is 0 Å². The Hall–Kier alpha value is -2.24. The third kappa shape index (κ3) is 10.2. The number of rotatable bonds is 14. The van der Waals surface area contributed by atoms with Gasteiger partial charge in [-0.25, -0.2) is 9.59 Å². The standard InChI is InChI=1S/C22H35NO5/c1-3-5-6-7-8-9-10-11-12-13-16-27-22(25)28-20-17-18(23)14-15-19(20)21(24)26-4-2/h14-15,17H,3-13,16,23H2,1-2H3. The number of ether oxygens (including phenoxy) is 3. The van der Waals surface area contributed by atoms with Gasteiger partial charge >= 0.3 is 12.1 Å². The Kier molecular flexibility index (Phi) is 12.6. The van der Waals surface area contributed by atoms with Gasteiger partial charge in [0.25, 0.3) is 0 Å². The van der Waals surface area contributed by atoms with Crippen LogP contribution in [-0.2, 0) is 9.47 Å². The highest BCUT2D eigenvalue weighted by molar-refractivity contribution is 5.93. The van der Waals surface area contributed by atoms with Crippen LogP contribution in [0.4, 0.5) is 10.5 Å². The van der Waals surface area contributed by atoms with Crippen molar-refractivity contribution in [3.63, 3.8) is 0 Å². The van der Waals surface area contributed by atoms with Gasteiger partial charge in [0, 0.05) is 11.8 Å². The Balaban J connectivity index is 2.22. The zero-order valence-electron chi connectivity index (χ0n) is 17.3. The molecule has 0 aromatic heterocycles. The van der Waals surface area contributed by atoms with Crippen molar-refractivity contribution in [2.75, 3.05) is 18.9 Å². The Morgan fingerprint density at radius 3 is 2.07 bits per heavy atom. The lowest BCUT2D eigenvalue weighted by Gasteiger charge is -2.10. The second kappa shape index (κ2) is 14.8. The molecule has 1 aromatic carbocycles. The molecule has 2 N–H and O–H groups in total. The van der Waals surface area contributed by atoms with Crippen molar-refractivity contribution in [1.82, 2.24) is 0 Å². The number of esters is 1. The first-order valence-electron chi connectivity index (χ1n) is 10.5. The number of nitrogens with two attached hydrogens (primary N) is 1. The minimum absolute atomic E-state index is 0.0477. The van der Waals surface area contributed by atoms with E-state index in [1.165, 1.54) is 57.1 Å². The molecule has 0 aliphatic carbocycles. The second-order valence-corrected chi connectivity index (χ2v) is 6.86. The molecular formula is C22H35NO5. The molecule has 6 heteroatoms. The van der Waals surface area contributed by atoms with Gasteiger partial charge in [0.1, 0.15) is 5.56 Å². The minimum atomic E-state index is -0.841. The van der Waals surface area contributed by atoms with Gasteiger partial charge in [-0.2, -0.15) is 0 Å². The fourth-order valence-corrected chi connectivity index (χ4v) is 2.87. The van der Waals surface area contributed by atoms with Crippen molar-refractivity contribution in [2.24, 2.45) is 0 Å². The van der Waals surface area contributed by atoms with Crippen molar-refractivity contribution >= 4 is 17.8 Å². The monoisotopic (exact) mass is 393 g/mol. The Morgan fingerprint density at radius 2 is 1.46 bits per heavy atom. The number of nitrogen functional groups attached to an aromatic ring is 1. The Labute approximate surface area is 168 Å². The lowest BCUT2D eigenvalue weighted by molar-refractivity contribution is 0.0520. The first-order chi connectivity index (χ1) is 13.6. The molecule has 0 fully saturated rings. The lowest BCUT2D eigenvalue weighted by atomic mass is 10.1. The van der Waals surface area contributed by atoms with E-state index in [9.17, 15) is 9.59 Å². The molecule has 28 heavy (non-hydrogen) atoms. The van der Waals surface area contributed by atoms with E-state index in [-0.39, 0.29) is 17.9 Å². The maximum atomic E-state index is 11.9. The number of carbonyl (C=O) groups excluding carboxylic acids is 2. The highest BCUT2D eigenvalue weighted by Crippen LogP contribution is 2.23. The van der Waals surface area contributed by atoms with E-state index >= 15 is 0 Å². The number of carbonyl (C=O) groups is 2. The largest absolute Gasteiger partial charge is 0.513 e.